The van der Waals surface area contributed by atoms with Crippen molar-refractivity contribution >= 4 is 0 Å². The number of unbranched alkanes of at least 4 members (excludes halogenated alkanes) is 4. The summed E-state index contributed by atoms with van der Waals surface area (Å²) >= 11 is 0. The molecular weight excluding hydrogens is 180 g/mol. The summed E-state index contributed by atoms with van der Waals surface area (Å²) in [5.41, 5.74) is 2.88. The van der Waals surface area contributed by atoms with Crippen LogP contribution in [0, 0.1) is 5.92 Å². The summed E-state index contributed by atoms with van der Waals surface area (Å²) in [6.45, 7) is 8.62. The van der Waals surface area contributed by atoms with Gasteiger partial charge in [-0.15, -0.1) is 0 Å². The Hall–Kier alpha value is -0.520. The first-order chi connectivity index (χ1) is 7.22. The molecule has 1 atom stereocenters. The number of hydrogen-bond acceptors (Lipinski definition) is 0. The number of rotatable bonds is 6. The standard InChI is InChI=1S/C15H26/c1-4-5-6-7-8-9-15-11-13(2)10-14(3)12-15/h10,15H,2,4-9,11-12H2,1,3H3. The molecule has 15 heavy (non-hydrogen) atoms. The van der Waals surface area contributed by atoms with Crippen LogP contribution in [0.15, 0.2) is 23.8 Å². The van der Waals surface area contributed by atoms with Crippen LogP contribution in [0.1, 0.15) is 65.2 Å². The molecule has 0 fully saturated rings. The lowest BCUT2D eigenvalue weighted by Gasteiger charge is -2.22. The van der Waals surface area contributed by atoms with Crippen LogP contribution in [0.2, 0.25) is 0 Å². The van der Waals surface area contributed by atoms with Crippen molar-refractivity contribution in [3.05, 3.63) is 23.8 Å². The largest absolute Gasteiger partial charge is 0.0958 e. The quantitative estimate of drug-likeness (QED) is 0.520. The van der Waals surface area contributed by atoms with Gasteiger partial charge in [-0.1, -0.05) is 62.8 Å². The fourth-order valence-corrected chi connectivity index (χ4v) is 2.61. The average Bonchev–Trinajstić information content (AvgIpc) is 2.16. The summed E-state index contributed by atoms with van der Waals surface area (Å²) in [6.07, 6.45) is 13.3. The molecule has 0 aromatic rings. The zero-order chi connectivity index (χ0) is 11.1. The molecule has 0 spiro atoms. The number of allylic oxidation sites excluding steroid dienone is 3. The van der Waals surface area contributed by atoms with Crippen molar-refractivity contribution in [3.8, 4) is 0 Å². The van der Waals surface area contributed by atoms with Crippen molar-refractivity contribution in [1.29, 1.82) is 0 Å². The minimum atomic E-state index is 0.893. The Morgan fingerprint density at radius 1 is 1.20 bits per heavy atom. The van der Waals surface area contributed by atoms with Gasteiger partial charge in [-0.2, -0.15) is 0 Å². The van der Waals surface area contributed by atoms with Gasteiger partial charge in [0, 0.05) is 0 Å². The van der Waals surface area contributed by atoms with E-state index in [1.54, 1.807) is 0 Å². The third-order valence-corrected chi connectivity index (χ3v) is 3.33. The topological polar surface area (TPSA) is 0 Å². The van der Waals surface area contributed by atoms with Crippen molar-refractivity contribution in [2.75, 3.05) is 0 Å². The Kier molecular flexibility index (Phi) is 5.75. The van der Waals surface area contributed by atoms with Gasteiger partial charge in [0.1, 0.15) is 0 Å². The van der Waals surface area contributed by atoms with Crippen LogP contribution in [0.4, 0.5) is 0 Å². The lowest BCUT2D eigenvalue weighted by molar-refractivity contribution is 0.439. The molecule has 1 rings (SSSR count). The highest BCUT2D eigenvalue weighted by atomic mass is 14.2. The van der Waals surface area contributed by atoms with Gasteiger partial charge in [0.05, 0.1) is 0 Å². The van der Waals surface area contributed by atoms with Crippen LogP contribution in [0.5, 0.6) is 0 Å². The van der Waals surface area contributed by atoms with E-state index < -0.39 is 0 Å². The van der Waals surface area contributed by atoms with Crippen molar-refractivity contribution in [2.45, 2.75) is 65.2 Å². The molecule has 0 nitrogen and oxygen atoms in total. The van der Waals surface area contributed by atoms with E-state index in [9.17, 15) is 0 Å². The van der Waals surface area contributed by atoms with E-state index in [1.165, 1.54) is 62.5 Å². The van der Waals surface area contributed by atoms with Gasteiger partial charge in [0.15, 0.2) is 0 Å². The van der Waals surface area contributed by atoms with Gasteiger partial charge in [0.2, 0.25) is 0 Å². The van der Waals surface area contributed by atoms with Crippen LogP contribution < -0.4 is 0 Å². The normalized spacial score (nSPS) is 21.6. The molecule has 0 saturated carbocycles. The summed E-state index contributed by atoms with van der Waals surface area (Å²) < 4.78 is 0. The Morgan fingerprint density at radius 2 is 1.93 bits per heavy atom. The lowest BCUT2D eigenvalue weighted by Crippen LogP contribution is -2.07. The second kappa shape index (κ2) is 6.87. The summed E-state index contributed by atoms with van der Waals surface area (Å²) in [7, 11) is 0. The highest BCUT2D eigenvalue weighted by Gasteiger charge is 2.14. The molecule has 0 aromatic heterocycles. The molecule has 0 saturated heterocycles. The van der Waals surface area contributed by atoms with Gasteiger partial charge < -0.3 is 0 Å². The van der Waals surface area contributed by atoms with E-state index in [2.05, 4.69) is 26.5 Å². The smallest absolute Gasteiger partial charge is 0.0253 e. The third-order valence-electron chi connectivity index (χ3n) is 3.33. The SMILES string of the molecule is C=C1C=C(C)CC(CCCCCCC)C1. The monoisotopic (exact) mass is 206 g/mol. The van der Waals surface area contributed by atoms with E-state index >= 15 is 0 Å². The fraction of sp³-hybridized carbons (Fsp3) is 0.733. The van der Waals surface area contributed by atoms with Crippen LogP contribution in [0.25, 0.3) is 0 Å². The van der Waals surface area contributed by atoms with Crippen LogP contribution in [-0.4, -0.2) is 0 Å². The van der Waals surface area contributed by atoms with E-state index in [0.29, 0.717) is 0 Å². The summed E-state index contributed by atoms with van der Waals surface area (Å²) in [6, 6.07) is 0. The molecule has 0 aliphatic heterocycles. The van der Waals surface area contributed by atoms with Crippen molar-refractivity contribution in [1.82, 2.24) is 0 Å². The highest BCUT2D eigenvalue weighted by Crippen LogP contribution is 2.30. The van der Waals surface area contributed by atoms with E-state index in [0.717, 1.165) is 5.92 Å². The summed E-state index contributed by atoms with van der Waals surface area (Å²) in [5, 5.41) is 0. The van der Waals surface area contributed by atoms with Gasteiger partial charge >= 0.3 is 0 Å². The molecule has 1 aliphatic rings. The fourth-order valence-electron chi connectivity index (χ4n) is 2.61. The van der Waals surface area contributed by atoms with Crippen molar-refractivity contribution in [2.24, 2.45) is 5.92 Å². The van der Waals surface area contributed by atoms with Gasteiger partial charge in [0.25, 0.3) is 0 Å². The second-order valence-corrected chi connectivity index (χ2v) is 5.13. The Bertz CT molecular complexity index is 222. The second-order valence-electron chi connectivity index (χ2n) is 5.13. The predicted molar refractivity (Wildman–Crippen MR) is 69.0 cm³/mol. The molecule has 1 aliphatic carbocycles. The average molecular weight is 206 g/mol. The zero-order valence-electron chi connectivity index (χ0n) is 10.5. The van der Waals surface area contributed by atoms with Crippen molar-refractivity contribution in [3.63, 3.8) is 0 Å². The maximum Gasteiger partial charge on any atom is -0.0253 e. The molecule has 0 aromatic carbocycles. The minimum absolute atomic E-state index is 0.893. The first kappa shape index (κ1) is 12.5. The molecule has 1 unspecified atom stereocenters. The summed E-state index contributed by atoms with van der Waals surface area (Å²) in [4.78, 5) is 0. The Morgan fingerprint density at radius 3 is 2.60 bits per heavy atom. The number of hydrogen-bond donors (Lipinski definition) is 0. The highest BCUT2D eigenvalue weighted by molar-refractivity contribution is 5.24. The Balaban J connectivity index is 2.12. The van der Waals surface area contributed by atoms with Crippen LogP contribution in [-0.2, 0) is 0 Å². The molecule has 86 valence electrons. The molecular formula is C15H26. The maximum atomic E-state index is 4.10. The first-order valence-electron chi connectivity index (χ1n) is 6.57. The third kappa shape index (κ3) is 5.20. The molecule has 0 amide bonds. The predicted octanol–water partition coefficient (Wildman–Crippen LogP) is 5.26. The Labute approximate surface area is 95.5 Å². The minimum Gasteiger partial charge on any atom is -0.0958 e. The molecule has 0 N–H and O–H groups in total. The van der Waals surface area contributed by atoms with E-state index in [4.69, 9.17) is 0 Å². The first-order valence-corrected chi connectivity index (χ1v) is 6.57. The molecule has 0 radical (unpaired) electrons. The molecule has 0 bridgehead atoms. The lowest BCUT2D eigenvalue weighted by atomic mass is 9.84. The molecule has 0 heterocycles. The van der Waals surface area contributed by atoms with Gasteiger partial charge in [-0.05, 0) is 32.1 Å². The van der Waals surface area contributed by atoms with Gasteiger partial charge in [-0.3, -0.25) is 0 Å². The summed E-state index contributed by atoms with van der Waals surface area (Å²) in [5.74, 6) is 0.893. The van der Waals surface area contributed by atoms with E-state index in [-0.39, 0.29) is 0 Å². The molecule has 0 heteroatoms. The van der Waals surface area contributed by atoms with Crippen LogP contribution >= 0.6 is 0 Å². The zero-order valence-corrected chi connectivity index (χ0v) is 10.5. The van der Waals surface area contributed by atoms with Crippen LogP contribution in [0.3, 0.4) is 0 Å². The van der Waals surface area contributed by atoms with Crippen molar-refractivity contribution < 1.29 is 0 Å². The van der Waals surface area contributed by atoms with Gasteiger partial charge in [-0.25, -0.2) is 0 Å². The van der Waals surface area contributed by atoms with E-state index in [1.807, 2.05) is 0 Å². The maximum absolute atomic E-state index is 4.10.